The third-order valence-corrected chi connectivity index (χ3v) is 5.50. The normalized spacial score (nSPS) is 12.7. The maximum Gasteiger partial charge on any atom is 0.191 e. The van der Waals surface area contributed by atoms with Crippen molar-refractivity contribution in [2.45, 2.75) is 51.6 Å². The lowest BCUT2D eigenvalue weighted by Gasteiger charge is -2.07. The van der Waals surface area contributed by atoms with Gasteiger partial charge in [-0.25, -0.2) is 9.97 Å². The first kappa shape index (κ1) is 17.3. The molecule has 0 aliphatic heterocycles. The van der Waals surface area contributed by atoms with E-state index in [0.29, 0.717) is 17.4 Å². The molecule has 5 nitrogen and oxygen atoms in total. The molecule has 0 saturated carbocycles. The van der Waals surface area contributed by atoms with Gasteiger partial charge in [-0.2, -0.15) is 4.98 Å². The van der Waals surface area contributed by atoms with Crippen LogP contribution in [0.4, 0.5) is 10.9 Å². The Morgan fingerprint density at radius 2 is 2.05 bits per heavy atom. The fourth-order valence-electron chi connectivity index (χ4n) is 1.89. The Morgan fingerprint density at radius 1 is 1.23 bits per heavy atom. The highest BCUT2D eigenvalue weighted by molar-refractivity contribution is 7.99. The lowest BCUT2D eigenvalue weighted by atomic mass is 10.1. The molecule has 1 unspecified atom stereocenters. The standard InChI is InChI=1S/C15H25N5S2/c1-4-6-7-8-21-15-18-12(16)11-13(20-15)19-14(22-11)17-9-10(3)5-2/h10H,4-9H2,1-3H3,(H3,16,17,18,19,20). The van der Waals surface area contributed by atoms with Crippen LogP contribution < -0.4 is 11.1 Å². The third-order valence-electron chi connectivity index (χ3n) is 3.54. The van der Waals surface area contributed by atoms with E-state index in [-0.39, 0.29) is 0 Å². The largest absolute Gasteiger partial charge is 0.382 e. The molecule has 0 amide bonds. The van der Waals surface area contributed by atoms with Crippen molar-refractivity contribution in [3.63, 3.8) is 0 Å². The molecular weight excluding hydrogens is 314 g/mol. The number of nitrogens with zero attached hydrogens (tertiary/aromatic N) is 3. The average molecular weight is 340 g/mol. The zero-order chi connectivity index (χ0) is 15.9. The zero-order valence-electron chi connectivity index (χ0n) is 13.6. The summed E-state index contributed by atoms with van der Waals surface area (Å²) in [5, 5.41) is 4.98. The molecule has 1 atom stereocenters. The van der Waals surface area contributed by atoms with Crippen LogP contribution >= 0.6 is 23.1 Å². The van der Waals surface area contributed by atoms with Gasteiger partial charge in [-0.05, 0) is 12.3 Å². The SMILES string of the molecule is CCCCCSc1nc(N)c2sc(NCC(C)CC)nc2n1. The fourth-order valence-corrected chi connectivity index (χ4v) is 3.54. The van der Waals surface area contributed by atoms with E-state index in [1.807, 2.05) is 0 Å². The second kappa shape index (κ2) is 8.53. The van der Waals surface area contributed by atoms with Gasteiger partial charge < -0.3 is 11.1 Å². The maximum absolute atomic E-state index is 6.06. The van der Waals surface area contributed by atoms with Gasteiger partial charge in [-0.1, -0.05) is 63.1 Å². The van der Waals surface area contributed by atoms with E-state index in [2.05, 4.69) is 41.0 Å². The number of thioether (sulfide) groups is 1. The van der Waals surface area contributed by atoms with Gasteiger partial charge in [0.25, 0.3) is 0 Å². The van der Waals surface area contributed by atoms with E-state index in [1.54, 1.807) is 11.8 Å². The molecule has 0 aliphatic carbocycles. The van der Waals surface area contributed by atoms with E-state index in [0.717, 1.165) is 33.7 Å². The Balaban J connectivity index is 2.06. The van der Waals surface area contributed by atoms with Crippen molar-refractivity contribution in [3.8, 4) is 0 Å². The summed E-state index contributed by atoms with van der Waals surface area (Å²) in [5.41, 5.74) is 6.77. The summed E-state index contributed by atoms with van der Waals surface area (Å²) < 4.78 is 0.879. The van der Waals surface area contributed by atoms with E-state index in [9.17, 15) is 0 Å². The summed E-state index contributed by atoms with van der Waals surface area (Å²) in [4.78, 5) is 13.5. The molecule has 2 aromatic rings. The Bertz CT molecular complexity index is 599. The molecule has 7 heteroatoms. The van der Waals surface area contributed by atoms with Crippen LogP contribution in [-0.4, -0.2) is 27.2 Å². The van der Waals surface area contributed by atoms with Gasteiger partial charge in [0.15, 0.2) is 15.9 Å². The highest BCUT2D eigenvalue weighted by atomic mass is 32.2. The summed E-state index contributed by atoms with van der Waals surface area (Å²) in [5.74, 6) is 2.19. The smallest absolute Gasteiger partial charge is 0.191 e. The van der Waals surface area contributed by atoms with Gasteiger partial charge in [0.1, 0.15) is 10.5 Å². The van der Waals surface area contributed by atoms with Crippen molar-refractivity contribution < 1.29 is 0 Å². The lowest BCUT2D eigenvalue weighted by Crippen LogP contribution is -2.09. The van der Waals surface area contributed by atoms with Crippen molar-refractivity contribution in [2.24, 2.45) is 5.92 Å². The molecule has 3 N–H and O–H groups in total. The van der Waals surface area contributed by atoms with Crippen LogP contribution in [0.3, 0.4) is 0 Å². The Morgan fingerprint density at radius 3 is 2.77 bits per heavy atom. The lowest BCUT2D eigenvalue weighted by molar-refractivity contribution is 0.593. The summed E-state index contributed by atoms with van der Waals surface area (Å²) >= 11 is 3.20. The van der Waals surface area contributed by atoms with Gasteiger partial charge in [-0.15, -0.1) is 0 Å². The summed E-state index contributed by atoms with van der Waals surface area (Å²) in [6, 6.07) is 0. The molecule has 0 aliphatic rings. The van der Waals surface area contributed by atoms with Crippen LogP contribution in [0, 0.1) is 5.92 Å². The predicted octanol–water partition coefficient (Wildman–Crippen LogP) is 4.41. The number of anilines is 2. The van der Waals surface area contributed by atoms with Crippen molar-refractivity contribution in [1.82, 2.24) is 15.0 Å². The van der Waals surface area contributed by atoms with Gasteiger partial charge in [0, 0.05) is 12.3 Å². The second-order valence-electron chi connectivity index (χ2n) is 5.51. The molecule has 0 fully saturated rings. The number of nitrogen functional groups attached to an aromatic ring is 1. The number of fused-ring (bicyclic) bond motifs is 1. The molecule has 22 heavy (non-hydrogen) atoms. The maximum atomic E-state index is 6.06. The third kappa shape index (κ3) is 4.71. The molecule has 2 heterocycles. The first-order valence-corrected chi connectivity index (χ1v) is 9.75. The Kier molecular flexibility index (Phi) is 6.70. The van der Waals surface area contributed by atoms with Crippen LogP contribution in [-0.2, 0) is 0 Å². The minimum absolute atomic E-state index is 0.539. The summed E-state index contributed by atoms with van der Waals surface area (Å²) in [6.07, 6.45) is 4.80. The van der Waals surface area contributed by atoms with E-state index < -0.39 is 0 Å². The van der Waals surface area contributed by atoms with Gasteiger partial charge in [0.05, 0.1) is 0 Å². The van der Waals surface area contributed by atoms with Crippen LogP contribution in [0.5, 0.6) is 0 Å². The number of hydrogen-bond donors (Lipinski definition) is 2. The zero-order valence-corrected chi connectivity index (χ0v) is 15.2. The van der Waals surface area contributed by atoms with E-state index >= 15 is 0 Å². The molecule has 0 radical (unpaired) electrons. The van der Waals surface area contributed by atoms with Crippen LogP contribution in [0.25, 0.3) is 10.3 Å². The van der Waals surface area contributed by atoms with E-state index in [4.69, 9.17) is 5.73 Å². The molecule has 0 spiro atoms. The number of aromatic nitrogens is 3. The minimum atomic E-state index is 0.539. The topological polar surface area (TPSA) is 76.7 Å². The van der Waals surface area contributed by atoms with Crippen molar-refractivity contribution in [2.75, 3.05) is 23.3 Å². The predicted molar refractivity (Wildman–Crippen MR) is 97.8 cm³/mol. The number of rotatable bonds is 9. The van der Waals surface area contributed by atoms with E-state index in [1.165, 1.54) is 30.6 Å². The molecule has 0 saturated heterocycles. The van der Waals surface area contributed by atoms with Crippen molar-refractivity contribution in [1.29, 1.82) is 0 Å². The van der Waals surface area contributed by atoms with Crippen LogP contribution in [0.2, 0.25) is 0 Å². The van der Waals surface area contributed by atoms with Gasteiger partial charge in [0.2, 0.25) is 0 Å². The average Bonchev–Trinajstić information content (AvgIpc) is 2.93. The highest BCUT2D eigenvalue weighted by Gasteiger charge is 2.12. The molecule has 2 rings (SSSR count). The first-order chi connectivity index (χ1) is 10.6. The summed E-state index contributed by atoms with van der Waals surface area (Å²) in [7, 11) is 0. The van der Waals surface area contributed by atoms with Crippen LogP contribution in [0.15, 0.2) is 5.16 Å². The summed E-state index contributed by atoms with van der Waals surface area (Å²) in [6.45, 7) is 7.53. The quantitative estimate of drug-likeness (QED) is 0.400. The molecule has 0 bridgehead atoms. The number of thiazole rings is 1. The number of hydrogen-bond acceptors (Lipinski definition) is 7. The Hall–Kier alpha value is -1.08. The van der Waals surface area contributed by atoms with Gasteiger partial charge in [-0.3, -0.25) is 0 Å². The monoisotopic (exact) mass is 339 g/mol. The number of nitrogens with two attached hydrogens (primary N) is 1. The molecule has 2 aromatic heterocycles. The highest BCUT2D eigenvalue weighted by Crippen LogP contribution is 2.30. The molecule has 0 aromatic carbocycles. The Labute approximate surface area is 140 Å². The molecule has 122 valence electrons. The second-order valence-corrected chi connectivity index (χ2v) is 7.57. The number of unbranched alkanes of at least 4 members (excludes halogenated alkanes) is 2. The first-order valence-electron chi connectivity index (χ1n) is 7.94. The molecular formula is C15H25N5S2. The number of nitrogens with one attached hydrogen (secondary N) is 1. The van der Waals surface area contributed by atoms with Crippen molar-refractivity contribution >= 4 is 44.4 Å². The van der Waals surface area contributed by atoms with Crippen molar-refractivity contribution in [3.05, 3.63) is 0 Å². The minimum Gasteiger partial charge on any atom is -0.382 e. The fraction of sp³-hybridized carbons (Fsp3) is 0.667. The van der Waals surface area contributed by atoms with Crippen LogP contribution in [0.1, 0.15) is 46.5 Å². The van der Waals surface area contributed by atoms with Gasteiger partial charge >= 0.3 is 0 Å².